The fourth-order valence-corrected chi connectivity index (χ4v) is 2.16. The van der Waals surface area contributed by atoms with Gasteiger partial charge in [-0.1, -0.05) is 26.0 Å². The first-order valence-electron chi connectivity index (χ1n) is 8.37. The number of halogens is 3. The minimum atomic E-state index is -4.43. The molecule has 0 unspecified atom stereocenters. The zero-order valence-electron chi connectivity index (χ0n) is 15.0. The number of benzene rings is 1. The van der Waals surface area contributed by atoms with Gasteiger partial charge in [0.2, 0.25) is 5.88 Å². The molecule has 27 heavy (non-hydrogen) atoms. The maximum atomic E-state index is 12.2. The first-order chi connectivity index (χ1) is 12.7. The van der Waals surface area contributed by atoms with Gasteiger partial charge in [-0.15, -0.1) is 0 Å². The average molecular weight is 382 g/mol. The van der Waals surface area contributed by atoms with E-state index in [0.717, 1.165) is 5.56 Å². The normalized spacial score (nSPS) is 11.3. The standard InChI is InChI=1S/C19H21F3N2O3/c1-13(2)15-4-3-5-16(9-15)26-11-17(25)24-10-14-6-7-23-18(8-14)27-12-19(20,21)22/h3-9,13H,10-12H2,1-2H3,(H,24,25). The van der Waals surface area contributed by atoms with Gasteiger partial charge in [0.15, 0.2) is 13.2 Å². The van der Waals surface area contributed by atoms with Crippen molar-refractivity contribution in [2.75, 3.05) is 13.2 Å². The quantitative estimate of drug-likeness (QED) is 0.754. The second-order valence-electron chi connectivity index (χ2n) is 6.20. The SMILES string of the molecule is CC(C)c1cccc(OCC(=O)NCc2ccnc(OCC(F)(F)F)c2)c1. The molecule has 2 aromatic rings. The number of nitrogens with zero attached hydrogens (tertiary/aromatic N) is 1. The molecule has 1 heterocycles. The van der Waals surface area contributed by atoms with Crippen LogP contribution in [0.15, 0.2) is 42.6 Å². The molecule has 0 spiro atoms. The lowest BCUT2D eigenvalue weighted by atomic mass is 10.0. The molecule has 2 rings (SSSR count). The van der Waals surface area contributed by atoms with Crippen LogP contribution in [0.3, 0.4) is 0 Å². The highest BCUT2D eigenvalue weighted by molar-refractivity contribution is 5.77. The Labute approximate surface area is 155 Å². The molecule has 5 nitrogen and oxygen atoms in total. The van der Waals surface area contributed by atoms with Crippen LogP contribution >= 0.6 is 0 Å². The summed E-state index contributed by atoms with van der Waals surface area (Å²) in [6.45, 7) is 2.67. The Kier molecular flexibility index (Phi) is 7.04. The molecule has 0 aliphatic rings. The molecule has 146 valence electrons. The molecule has 0 saturated carbocycles. The minimum Gasteiger partial charge on any atom is -0.484 e. The number of alkyl halides is 3. The topological polar surface area (TPSA) is 60.5 Å². The van der Waals surface area contributed by atoms with Crippen molar-refractivity contribution in [3.8, 4) is 11.6 Å². The highest BCUT2D eigenvalue weighted by Crippen LogP contribution is 2.20. The molecule has 0 aliphatic carbocycles. The number of carbonyl (C=O) groups is 1. The van der Waals surface area contributed by atoms with Gasteiger partial charge in [-0.2, -0.15) is 13.2 Å². The van der Waals surface area contributed by atoms with E-state index in [1.165, 1.54) is 12.3 Å². The molecule has 1 aromatic heterocycles. The molecule has 0 fully saturated rings. The lowest BCUT2D eigenvalue weighted by Crippen LogP contribution is -2.28. The van der Waals surface area contributed by atoms with Crippen LogP contribution in [0.4, 0.5) is 13.2 Å². The second kappa shape index (κ2) is 9.25. The first-order valence-corrected chi connectivity index (χ1v) is 8.37. The van der Waals surface area contributed by atoms with E-state index < -0.39 is 12.8 Å². The number of amides is 1. The van der Waals surface area contributed by atoms with E-state index in [9.17, 15) is 18.0 Å². The Morgan fingerprint density at radius 1 is 1.19 bits per heavy atom. The van der Waals surface area contributed by atoms with Crippen LogP contribution in [0.1, 0.15) is 30.9 Å². The summed E-state index contributed by atoms with van der Waals surface area (Å²) in [5, 5.41) is 2.64. The van der Waals surface area contributed by atoms with Crippen LogP contribution in [0, 0.1) is 0 Å². The van der Waals surface area contributed by atoms with Crippen molar-refractivity contribution in [3.05, 3.63) is 53.7 Å². The molecule has 0 radical (unpaired) electrons. The molecule has 1 aromatic carbocycles. The number of nitrogens with one attached hydrogen (secondary N) is 1. The summed E-state index contributed by atoms with van der Waals surface area (Å²) in [4.78, 5) is 15.6. The van der Waals surface area contributed by atoms with Crippen LogP contribution in [0.5, 0.6) is 11.6 Å². The van der Waals surface area contributed by atoms with E-state index in [-0.39, 0.29) is 24.9 Å². The Hall–Kier alpha value is -2.77. The van der Waals surface area contributed by atoms with Gasteiger partial charge in [-0.05, 0) is 35.2 Å². The summed E-state index contributed by atoms with van der Waals surface area (Å²) >= 11 is 0. The van der Waals surface area contributed by atoms with Crippen LogP contribution < -0.4 is 14.8 Å². The van der Waals surface area contributed by atoms with Gasteiger partial charge < -0.3 is 14.8 Å². The third kappa shape index (κ3) is 7.55. The maximum Gasteiger partial charge on any atom is 0.422 e. The third-order valence-electron chi connectivity index (χ3n) is 3.57. The number of ether oxygens (including phenoxy) is 2. The predicted molar refractivity (Wildman–Crippen MR) is 93.7 cm³/mol. The van der Waals surface area contributed by atoms with Crippen molar-refractivity contribution in [3.63, 3.8) is 0 Å². The number of carbonyl (C=O) groups excluding carboxylic acids is 1. The molecule has 8 heteroatoms. The summed E-state index contributed by atoms with van der Waals surface area (Å²) in [5.41, 5.74) is 1.67. The monoisotopic (exact) mass is 382 g/mol. The second-order valence-corrected chi connectivity index (χ2v) is 6.20. The Balaban J connectivity index is 1.81. The Morgan fingerprint density at radius 3 is 2.67 bits per heavy atom. The van der Waals surface area contributed by atoms with Crippen LogP contribution in [-0.2, 0) is 11.3 Å². The van der Waals surface area contributed by atoms with Crippen LogP contribution in [-0.4, -0.2) is 30.3 Å². The van der Waals surface area contributed by atoms with E-state index in [1.54, 1.807) is 12.1 Å². The third-order valence-corrected chi connectivity index (χ3v) is 3.57. The zero-order chi connectivity index (χ0) is 19.9. The smallest absolute Gasteiger partial charge is 0.422 e. The molecule has 0 bridgehead atoms. The van der Waals surface area contributed by atoms with Gasteiger partial charge in [0, 0.05) is 18.8 Å². The number of hydrogen-bond acceptors (Lipinski definition) is 4. The predicted octanol–water partition coefficient (Wildman–Crippen LogP) is 3.84. The number of rotatable bonds is 8. The molecular weight excluding hydrogens is 361 g/mol. The van der Waals surface area contributed by atoms with Crippen molar-refractivity contribution in [1.82, 2.24) is 10.3 Å². The van der Waals surface area contributed by atoms with E-state index in [0.29, 0.717) is 17.2 Å². The van der Waals surface area contributed by atoms with Crippen LogP contribution in [0.25, 0.3) is 0 Å². The molecule has 1 N–H and O–H groups in total. The lowest BCUT2D eigenvalue weighted by molar-refractivity contribution is -0.154. The summed E-state index contributed by atoms with van der Waals surface area (Å²) in [6.07, 6.45) is -3.11. The van der Waals surface area contributed by atoms with Crippen molar-refractivity contribution in [2.24, 2.45) is 0 Å². The van der Waals surface area contributed by atoms with E-state index >= 15 is 0 Å². The highest BCUT2D eigenvalue weighted by atomic mass is 19.4. The maximum absolute atomic E-state index is 12.2. The van der Waals surface area contributed by atoms with E-state index in [1.807, 2.05) is 18.2 Å². The summed E-state index contributed by atoms with van der Waals surface area (Å²) in [7, 11) is 0. The van der Waals surface area contributed by atoms with Crippen molar-refractivity contribution >= 4 is 5.91 Å². The van der Waals surface area contributed by atoms with Gasteiger partial charge in [0.1, 0.15) is 5.75 Å². The summed E-state index contributed by atoms with van der Waals surface area (Å²) in [6, 6.07) is 10.4. The van der Waals surface area contributed by atoms with Gasteiger partial charge >= 0.3 is 6.18 Å². The lowest BCUT2D eigenvalue weighted by Gasteiger charge is -2.11. The number of hydrogen-bond donors (Lipinski definition) is 1. The van der Waals surface area contributed by atoms with Crippen molar-refractivity contribution in [1.29, 1.82) is 0 Å². The molecule has 0 saturated heterocycles. The summed E-state index contributed by atoms with van der Waals surface area (Å²) in [5.74, 6) is 0.450. The Morgan fingerprint density at radius 2 is 1.96 bits per heavy atom. The largest absolute Gasteiger partial charge is 0.484 e. The first kappa shape index (κ1) is 20.5. The molecular formula is C19H21F3N2O3. The van der Waals surface area contributed by atoms with Crippen molar-refractivity contribution < 1.29 is 27.4 Å². The Bertz CT molecular complexity index is 764. The molecule has 1 amide bonds. The number of aromatic nitrogens is 1. The zero-order valence-corrected chi connectivity index (χ0v) is 15.0. The van der Waals surface area contributed by atoms with Gasteiger partial charge in [0.05, 0.1) is 0 Å². The van der Waals surface area contributed by atoms with Gasteiger partial charge in [0.25, 0.3) is 5.91 Å². The highest BCUT2D eigenvalue weighted by Gasteiger charge is 2.28. The van der Waals surface area contributed by atoms with E-state index in [2.05, 4.69) is 28.9 Å². The summed E-state index contributed by atoms with van der Waals surface area (Å²) < 4.78 is 46.6. The van der Waals surface area contributed by atoms with Gasteiger partial charge in [-0.3, -0.25) is 4.79 Å². The minimum absolute atomic E-state index is 0.124. The van der Waals surface area contributed by atoms with Crippen molar-refractivity contribution in [2.45, 2.75) is 32.5 Å². The molecule has 0 atom stereocenters. The van der Waals surface area contributed by atoms with Crippen LogP contribution in [0.2, 0.25) is 0 Å². The fourth-order valence-electron chi connectivity index (χ4n) is 2.16. The van der Waals surface area contributed by atoms with E-state index in [4.69, 9.17) is 4.74 Å². The van der Waals surface area contributed by atoms with Gasteiger partial charge in [-0.25, -0.2) is 4.98 Å². The average Bonchev–Trinajstić information content (AvgIpc) is 2.63. The number of pyridine rings is 1. The molecule has 0 aliphatic heterocycles. The fraction of sp³-hybridized carbons (Fsp3) is 0.368.